The molecule has 0 unspecified atom stereocenters. The minimum Gasteiger partial charge on any atom is -0.450 e. The summed E-state index contributed by atoms with van der Waals surface area (Å²) in [7, 11) is -2.54. The van der Waals surface area contributed by atoms with Crippen LogP contribution in [0.4, 0.5) is 4.79 Å². The molecule has 0 aliphatic carbocycles. The van der Waals surface area contributed by atoms with Gasteiger partial charge in [-0.15, -0.1) is 0 Å². The number of likely N-dealkylation sites (N-methyl/N-ethyl adjacent to an activating group) is 1. The van der Waals surface area contributed by atoms with E-state index >= 15 is 0 Å². The van der Waals surface area contributed by atoms with E-state index < -0.39 is 16.1 Å². The molecule has 0 atom stereocenters. The fourth-order valence-electron chi connectivity index (χ4n) is 2.73. The molecule has 1 aromatic rings. The van der Waals surface area contributed by atoms with Gasteiger partial charge in [0.2, 0.25) is 15.9 Å². The van der Waals surface area contributed by atoms with Gasteiger partial charge in [0, 0.05) is 33.2 Å². The van der Waals surface area contributed by atoms with E-state index in [-0.39, 0.29) is 28.8 Å². The lowest BCUT2D eigenvalue weighted by atomic mass is 10.3. The lowest BCUT2D eigenvalue weighted by Crippen LogP contribution is -2.52. The number of hydrogen-bond donors (Lipinski definition) is 0. The molecule has 1 fully saturated rings. The summed E-state index contributed by atoms with van der Waals surface area (Å²) in [6.45, 7) is 6.13. The summed E-state index contributed by atoms with van der Waals surface area (Å²) >= 11 is 0. The number of sulfonamides is 1. The van der Waals surface area contributed by atoms with Crippen molar-refractivity contribution in [2.45, 2.75) is 25.7 Å². The fourth-order valence-corrected chi connectivity index (χ4v) is 4.13. The Hall–Kier alpha value is -2.14. The van der Waals surface area contributed by atoms with Crippen LogP contribution in [0.1, 0.15) is 18.4 Å². The summed E-state index contributed by atoms with van der Waals surface area (Å²) in [6.07, 6.45) is -0.405. The van der Waals surface area contributed by atoms with Gasteiger partial charge in [-0.1, -0.05) is 5.16 Å². The molecular formula is C15H24N4O6S. The summed E-state index contributed by atoms with van der Waals surface area (Å²) in [4.78, 5) is 27.2. The van der Waals surface area contributed by atoms with Gasteiger partial charge in [0.25, 0.3) is 0 Å². The van der Waals surface area contributed by atoms with Crippen LogP contribution in [-0.2, 0) is 19.6 Å². The van der Waals surface area contributed by atoms with Crippen molar-refractivity contribution in [2.24, 2.45) is 0 Å². The van der Waals surface area contributed by atoms with E-state index in [1.165, 1.54) is 30.7 Å². The van der Waals surface area contributed by atoms with E-state index in [1.807, 2.05) is 0 Å². The van der Waals surface area contributed by atoms with Crippen LogP contribution in [0.25, 0.3) is 0 Å². The topological polar surface area (TPSA) is 113 Å². The van der Waals surface area contributed by atoms with Gasteiger partial charge < -0.3 is 19.1 Å². The zero-order valence-corrected chi connectivity index (χ0v) is 16.2. The van der Waals surface area contributed by atoms with E-state index in [2.05, 4.69) is 5.16 Å². The largest absolute Gasteiger partial charge is 0.450 e. The lowest BCUT2D eigenvalue weighted by Gasteiger charge is -2.34. The highest BCUT2D eigenvalue weighted by Gasteiger charge is 2.32. The predicted molar refractivity (Wildman–Crippen MR) is 91.0 cm³/mol. The summed E-state index contributed by atoms with van der Waals surface area (Å²) in [5, 5.41) is 3.65. The average Bonchev–Trinajstić information content (AvgIpc) is 2.94. The molecule has 0 bridgehead atoms. The van der Waals surface area contributed by atoms with Crippen LogP contribution in [0.15, 0.2) is 9.42 Å². The van der Waals surface area contributed by atoms with Crippen molar-refractivity contribution < 1.29 is 27.3 Å². The highest BCUT2D eigenvalue weighted by atomic mass is 32.2. The number of ether oxygens (including phenoxy) is 1. The summed E-state index contributed by atoms with van der Waals surface area (Å²) in [6, 6.07) is 0. The second-order valence-corrected chi connectivity index (χ2v) is 7.96. The van der Waals surface area contributed by atoms with Crippen LogP contribution in [0.3, 0.4) is 0 Å². The Kier molecular flexibility index (Phi) is 6.24. The zero-order chi connectivity index (χ0) is 19.5. The van der Waals surface area contributed by atoms with Gasteiger partial charge in [0.1, 0.15) is 10.6 Å². The van der Waals surface area contributed by atoms with E-state index in [0.717, 1.165) is 4.31 Å². The Bertz CT molecular complexity index is 748. The first-order valence-corrected chi connectivity index (χ1v) is 9.71. The number of carbonyl (C=O) groups excluding carboxylic acids is 2. The number of aromatic nitrogens is 1. The van der Waals surface area contributed by atoms with E-state index in [4.69, 9.17) is 9.26 Å². The molecule has 0 saturated carbocycles. The minimum absolute atomic E-state index is 0.0140. The molecule has 2 heterocycles. The van der Waals surface area contributed by atoms with Crippen LogP contribution in [0, 0.1) is 13.8 Å². The molecule has 0 spiro atoms. The van der Waals surface area contributed by atoms with Crippen LogP contribution >= 0.6 is 0 Å². The molecule has 2 rings (SSSR count). The van der Waals surface area contributed by atoms with Crippen molar-refractivity contribution in [3.63, 3.8) is 0 Å². The van der Waals surface area contributed by atoms with Crippen LogP contribution in [0.5, 0.6) is 0 Å². The lowest BCUT2D eigenvalue weighted by molar-refractivity contribution is -0.132. The monoisotopic (exact) mass is 388 g/mol. The Morgan fingerprint density at radius 1 is 1.19 bits per heavy atom. The molecule has 10 nitrogen and oxygen atoms in total. The highest BCUT2D eigenvalue weighted by molar-refractivity contribution is 7.89. The van der Waals surface area contributed by atoms with Crippen LogP contribution < -0.4 is 0 Å². The first-order chi connectivity index (χ1) is 12.2. The summed E-state index contributed by atoms with van der Waals surface area (Å²) in [5.41, 5.74) is 0.254. The van der Waals surface area contributed by atoms with E-state index in [0.29, 0.717) is 32.8 Å². The van der Waals surface area contributed by atoms with Gasteiger partial charge in [-0.05, 0) is 20.8 Å². The molecule has 0 aromatic carbocycles. The summed E-state index contributed by atoms with van der Waals surface area (Å²) in [5.74, 6) is -0.142. The van der Waals surface area contributed by atoms with Gasteiger partial charge in [-0.3, -0.25) is 4.79 Å². The van der Waals surface area contributed by atoms with Crippen molar-refractivity contribution in [2.75, 3.05) is 46.4 Å². The Balaban J connectivity index is 1.97. The first-order valence-electron chi connectivity index (χ1n) is 8.27. The third-order valence-electron chi connectivity index (χ3n) is 4.15. The SMILES string of the molecule is CCOC(=O)N1CCN(C(=O)CN(C)S(=O)(=O)c2c(C)noc2C)CC1. The van der Waals surface area contributed by atoms with Gasteiger partial charge >= 0.3 is 6.09 Å². The molecule has 0 radical (unpaired) electrons. The maximum atomic E-state index is 12.7. The van der Waals surface area contributed by atoms with Crippen molar-refractivity contribution in [3.05, 3.63) is 11.5 Å². The van der Waals surface area contributed by atoms with Gasteiger partial charge in [-0.2, -0.15) is 4.31 Å². The molecule has 1 aromatic heterocycles. The Morgan fingerprint density at radius 3 is 2.27 bits per heavy atom. The smallest absolute Gasteiger partial charge is 0.409 e. The van der Waals surface area contributed by atoms with Gasteiger partial charge in [0.15, 0.2) is 5.76 Å². The maximum Gasteiger partial charge on any atom is 0.409 e. The highest BCUT2D eigenvalue weighted by Crippen LogP contribution is 2.22. The van der Waals surface area contributed by atoms with Crippen LogP contribution in [0.2, 0.25) is 0 Å². The molecule has 26 heavy (non-hydrogen) atoms. The summed E-state index contributed by atoms with van der Waals surface area (Å²) < 4.78 is 36.1. The van der Waals surface area contributed by atoms with Crippen molar-refractivity contribution in [1.82, 2.24) is 19.3 Å². The number of hydrogen-bond acceptors (Lipinski definition) is 7. The quantitative estimate of drug-likeness (QED) is 0.708. The van der Waals surface area contributed by atoms with E-state index in [9.17, 15) is 18.0 Å². The Morgan fingerprint density at radius 2 is 1.77 bits per heavy atom. The Labute approximate surface area is 152 Å². The number of carbonyl (C=O) groups is 2. The fraction of sp³-hybridized carbons (Fsp3) is 0.667. The van der Waals surface area contributed by atoms with Gasteiger partial charge in [-0.25, -0.2) is 13.2 Å². The normalized spacial score (nSPS) is 15.4. The van der Waals surface area contributed by atoms with Crippen molar-refractivity contribution >= 4 is 22.0 Å². The van der Waals surface area contributed by atoms with Crippen molar-refractivity contribution in [1.29, 1.82) is 0 Å². The van der Waals surface area contributed by atoms with Gasteiger partial charge in [0.05, 0.1) is 13.2 Å². The standard InChI is InChI=1S/C15H24N4O6S/c1-5-24-15(21)19-8-6-18(7-9-19)13(20)10-17(4)26(22,23)14-11(2)16-25-12(14)3/h5-10H2,1-4H3. The molecule has 0 N–H and O–H groups in total. The minimum atomic E-state index is -3.88. The number of aryl methyl sites for hydroxylation is 2. The number of piperazine rings is 1. The zero-order valence-electron chi connectivity index (χ0n) is 15.4. The number of amides is 2. The second kappa shape index (κ2) is 8.04. The predicted octanol–water partition coefficient (Wildman–Crippen LogP) is 0.213. The van der Waals surface area contributed by atoms with Crippen molar-refractivity contribution in [3.8, 4) is 0 Å². The second-order valence-electron chi connectivity index (χ2n) is 5.98. The molecule has 1 saturated heterocycles. The third-order valence-corrected chi connectivity index (χ3v) is 6.20. The van der Waals surface area contributed by atoms with E-state index in [1.54, 1.807) is 6.92 Å². The molecule has 11 heteroatoms. The molecule has 1 aliphatic heterocycles. The first kappa shape index (κ1) is 20.2. The molecule has 146 valence electrons. The third kappa shape index (κ3) is 4.15. The molecule has 2 amide bonds. The molecular weight excluding hydrogens is 364 g/mol. The average molecular weight is 388 g/mol. The maximum absolute atomic E-state index is 12.7. The number of rotatable bonds is 5. The molecule has 1 aliphatic rings. The number of nitrogens with zero attached hydrogens (tertiary/aromatic N) is 4. The van der Waals surface area contributed by atoms with Crippen LogP contribution in [-0.4, -0.2) is 86.1 Å².